The standard InChI is InChI=1S/C10H15NO2/c1-7(2)13-9-3-4-10(11)8(5-9)6-12/h3-5,7,12H,6,11H2,1-2H3. The van der Waals surface area contributed by atoms with Crippen LogP contribution in [0, 0.1) is 0 Å². The number of rotatable bonds is 3. The molecule has 13 heavy (non-hydrogen) atoms. The van der Waals surface area contributed by atoms with Gasteiger partial charge < -0.3 is 15.6 Å². The summed E-state index contributed by atoms with van der Waals surface area (Å²) in [6.45, 7) is 3.85. The van der Waals surface area contributed by atoms with Gasteiger partial charge >= 0.3 is 0 Å². The number of nitrogen functional groups attached to an aromatic ring is 1. The van der Waals surface area contributed by atoms with Crippen molar-refractivity contribution in [3.05, 3.63) is 23.8 Å². The van der Waals surface area contributed by atoms with Crippen LogP contribution in [0.25, 0.3) is 0 Å². The molecule has 0 saturated heterocycles. The van der Waals surface area contributed by atoms with Gasteiger partial charge in [-0.05, 0) is 32.0 Å². The quantitative estimate of drug-likeness (QED) is 0.695. The molecule has 3 nitrogen and oxygen atoms in total. The lowest BCUT2D eigenvalue weighted by molar-refractivity contribution is 0.240. The van der Waals surface area contributed by atoms with Crippen LogP contribution in [-0.4, -0.2) is 11.2 Å². The molecule has 0 bridgehead atoms. The third kappa shape index (κ3) is 2.63. The average molecular weight is 181 g/mol. The van der Waals surface area contributed by atoms with E-state index in [-0.39, 0.29) is 12.7 Å². The molecule has 0 aromatic heterocycles. The zero-order chi connectivity index (χ0) is 9.84. The Morgan fingerprint density at radius 1 is 1.46 bits per heavy atom. The summed E-state index contributed by atoms with van der Waals surface area (Å²) in [5.74, 6) is 0.744. The van der Waals surface area contributed by atoms with Crippen molar-refractivity contribution >= 4 is 5.69 Å². The maximum Gasteiger partial charge on any atom is 0.120 e. The van der Waals surface area contributed by atoms with E-state index in [9.17, 15) is 0 Å². The van der Waals surface area contributed by atoms with Crippen LogP contribution in [-0.2, 0) is 6.61 Å². The normalized spacial score (nSPS) is 10.5. The third-order valence-corrected chi connectivity index (χ3v) is 1.66. The molecule has 0 amide bonds. The van der Waals surface area contributed by atoms with Crippen molar-refractivity contribution in [1.82, 2.24) is 0 Å². The minimum Gasteiger partial charge on any atom is -0.491 e. The van der Waals surface area contributed by atoms with Gasteiger partial charge in [0.05, 0.1) is 12.7 Å². The molecule has 3 N–H and O–H groups in total. The molecule has 0 aliphatic heterocycles. The van der Waals surface area contributed by atoms with Gasteiger partial charge in [0.15, 0.2) is 0 Å². The summed E-state index contributed by atoms with van der Waals surface area (Å²) in [7, 11) is 0. The van der Waals surface area contributed by atoms with E-state index in [2.05, 4.69) is 0 Å². The molecule has 3 heteroatoms. The third-order valence-electron chi connectivity index (χ3n) is 1.66. The van der Waals surface area contributed by atoms with Crippen LogP contribution in [0.5, 0.6) is 5.75 Å². The number of anilines is 1. The van der Waals surface area contributed by atoms with Crippen molar-refractivity contribution in [3.8, 4) is 5.75 Å². The molecule has 0 saturated carbocycles. The highest BCUT2D eigenvalue weighted by Crippen LogP contribution is 2.20. The fourth-order valence-electron chi connectivity index (χ4n) is 1.06. The Morgan fingerprint density at radius 3 is 2.69 bits per heavy atom. The zero-order valence-corrected chi connectivity index (χ0v) is 7.95. The van der Waals surface area contributed by atoms with Crippen LogP contribution in [0.4, 0.5) is 5.69 Å². The van der Waals surface area contributed by atoms with Gasteiger partial charge in [-0.2, -0.15) is 0 Å². The fraction of sp³-hybridized carbons (Fsp3) is 0.400. The summed E-state index contributed by atoms with van der Waals surface area (Å²) < 4.78 is 5.44. The van der Waals surface area contributed by atoms with Crippen molar-refractivity contribution in [2.24, 2.45) is 0 Å². The second kappa shape index (κ2) is 4.14. The first kappa shape index (κ1) is 9.86. The second-order valence-electron chi connectivity index (χ2n) is 3.19. The van der Waals surface area contributed by atoms with Crippen molar-refractivity contribution in [3.63, 3.8) is 0 Å². The van der Waals surface area contributed by atoms with E-state index in [0.29, 0.717) is 11.3 Å². The lowest BCUT2D eigenvalue weighted by atomic mass is 10.2. The minimum absolute atomic E-state index is 0.0544. The van der Waals surface area contributed by atoms with E-state index in [1.807, 2.05) is 13.8 Å². The summed E-state index contributed by atoms with van der Waals surface area (Å²) in [6, 6.07) is 5.30. The summed E-state index contributed by atoms with van der Waals surface area (Å²) in [5, 5.41) is 8.94. The van der Waals surface area contributed by atoms with Gasteiger partial charge in [-0.25, -0.2) is 0 Å². The van der Waals surface area contributed by atoms with E-state index in [0.717, 1.165) is 5.75 Å². The molecule has 0 spiro atoms. The smallest absolute Gasteiger partial charge is 0.120 e. The number of hydrogen-bond acceptors (Lipinski definition) is 3. The molecule has 0 aliphatic rings. The number of aliphatic hydroxyl groups excluding tert-OH is 1. The Labute approximate surface area is 78.1 Å². The van der Waals surface area contributed by atoms with Gasteiger partial charge in [-0.1, -0.05) is 0 Å². The van der Waals surface area contributed by atoms with Crippen LogP contribution in [0.1, 0.15) is 19.4 Å². The van der Waals surface area contributed by atoms with E-state index in [1.165, 1.54) is 0 Å². The van der Waals surface area contributed by atoms with E-state index < -0.39 is 0 Å². The Hall–Kier alpha value is -1.22. The summed E-state index contributed by atoms with van der Waals surface area (Å²) in [4.78, 5) is 0. The lowest BCUT2D eigenvalue weighted by Crippen LogP contribution is -2.06. The van der Waals surface area contributed by atoms with Crippen molar-refractivity contribution in [1.29, 1.82) is 0 Å². The summed E-state index contributed by atoms with van der Waals surface area (Å²) in [5.41, 5.74) is 6.92. The maximum absolute atomic E-state index is 8.94. The van der Waals surface area contributed by atoms with Gasteiger partial charge in [0.25, 0.3) is 0 Å². The first-order valence-electron chi connectivity index (χ1n) is 4.29. The van der Waals surface area contributed by atoms with E-state index in [1.54, 1.807) is 18.2 Å². The molecule has 1 rings (SSSR count). The van der Waals surface area contributed by atoms with Gasteiger partial charge in [-0.15, -0.1) is 0 Å². The van der Waals surface area contributed by atoms with Crippen molar-refractivity contribution < 1.29 is 9.84 Å². The van der Waals surface area contributed by atoms with E-state index in [4.69, 9.17) is 15.6 Å². The van der Waals surface area contributed by atoms with Crippen LogP contribution in [0.3, 0.4) is 0 Å². The molecule has 0 aliphatic carbocycles. The topological polar surface area (TPSA) is 55.5 Å². The highest BCUT2D eigenvalue weighted by Gasteiger charge is 2.01. The van der Waals surface area contributed by atoms with Crippen molar-refractivity contribution in [2.45, 2.75) is 26.6 Å². The second-order valence-corrected chi connectivity index (χ2v) is 3.19. The lowest BCUT2D eigenvalue weighted by Gasteiger charge is -2.11. The highest BCUT2D eigenvalue weighted by molar-refractivity contribution is 5.50. The fourth-order valence-corrected chi connectivity index (χ4v) is 1.06. The monoisotopic (exact) mass is 181 g/mol. The molecule has 72 valence electrons. The SMILES string of the molecule is CC(C)Oc1ccc(N)c(CO)c1. The number of aliphatic hydroxyl groups is 1. The van der Waals surface area contributed by atoms with Gasteiger partial charge in [0, 0.05) is 11.3 Å². The van der Waals surface area contributed by atoms with Crippen molar-refractivity contribution in [2.75, 3.05) is 5.73 Å². The predicted molar refractivity (Wildman–Crippen MR) is 52.5 cm³/mol. The number of ether oxygens (including phenoxy) is 1. The van der Waals surface area contributed by atoms with Gasteiger partial charge in [0.1, 0.15) is 5.75 Å². The first-order chi connectivity index (χ1) is 6.13. The van der Waals surface area contributed by atoms with Crippen LogP contribution in [0.2, 0.25) is 0 Å². The minimum atomic E-state index is -0.0544. The summed E-state index contributed by atoms with van der Waals surface area (Å²) in [6.07, 6.45) is 0.134. The van der Waals surface area contributed by atoms with Crippen LogP contribution < -0.4 is 10.5 Å². The molecule has 0 atom stereocenters. The molecular formula is C10H15NO2. The first-order valence-corrected chi connectivity index (χ1v) is 4.29. The Balaban J connectivity index is 2.86. The van der Waals surface area contributed by atoms with Gasteiger partial charge in [-0.3, -0.25) is 0 Å². The molecular weight excluding hydrogens is 166 g/mol. The predicted octanol–water partition coefficient (Wildman–Crippen LogP) is 1.55. The molecule has 0 heterocycles. The molecule has 0 radical (unpaired) electrons. The average Bonchev–Trinajstić information content (AvgIpc) is 2.07. The Bertz CT molecular complexity index is 284. The largest absolute Gasteiger partial charge is 0.491 e. The highest BCUT2D eigenvalue weighted by atomic mass is 16.5. The molecule has 0 fully saturated rings. The summed E-state index contributed by atoms with van der Waals surface area (Å²) >= 11 is 0. The van der Waals surface area contributed by atoms with Gasteiger partial charge in [0.2, 0.25) is 0 Å². The Kier molecular flexibility index (Phi) is 3.14. The molecule has 1 aromatic carbocycles. The van der Waals surface area contributed by atoms with Crippen LogP contribution >= 0.6 is 0 Å². The maximum atomic E-state index is 8.94. The molecule has 0 unspecified atom stereocenters. The van der Waals surface area contributed by atoms with Crippen LogP contribution in [0.15, 0.2) is 18.2 Å². The van der Waals surface area contributed by atoms with E-state index >= 15 is 0 Å². The Morgan fingerprint density at radius 2 is 2.15 bits per heavy atom. The zero-order valence-electron chi connectivity index (χ0n) is 7.95. The molecule has 1 aromatic rings. The number of hydrogen-bond donors (Lipinski definition) is 2. The number of benzene rings is 1. The number of nitrogens with two attached hydrogens (primary N) is 1.